The molecule has 0 atom stereocenters. The van der Waals surface area contributed by atoms with E-state index in [1.807, 2.05) is 39.0 Å². The van der Waals surface area contributed by atoms with Crippen LogP contribution in [0, 0.1) is 5.82 Å². The SMILES string of the molecule is COC(=O)COCCCOCCCCCOc1ccc(F)c(CNC(=O)c2cccc(NC3(c4nnc(-c5ccncc5)[nH]4)CCN(C(=O)OC(C)(C)C)CC3)c2)c1. The van der Waals surface area contributed by atoms with E-state index in [0.29, 0.717) is 93.0 Å². The third-order valence-electron chi connectivity index (χ3n) is 9.35. The molecule has 0 aliphatic carbocycles. The zero-order valence-electron chi connectivity index (χ0n) is 33.7. The zero-order chi connectivity index (χ0) is 41.4. The monoisotopic (exact) mass is 803 g/mol. The van der Waals surface area contributed by atoms with E-state index in [-0.39, 0.29) is 25.2 Å². The fourth-order valence-corrected chi connectivity index (χ4v) is 6.26. The molecule has 16 heteroatoms. The molecule has 0 unspecified atom stereocenters. The van der Waals surface area contributed by atoms with E-state index in [2.05, 4.69) is 35.5 Å². The van der Waals surface area contributed by atoms with Gasteiger partial charge >= 0.3 is 12.1 Å². The number of ether oxygens (including phenoxy) is 5. The van der Waals surface area contributed by atoms with Gasteiger partial charge in [0.25, 0.3) is 5.91 Å². The summed E-state index contributed by atoms with van der Waals surface area (Å²) in [4.78, 5) is 46.5. The summed E-state index contributed by atoms with van der Waals surface area (Å²) < 4.78 is 41.6. The molecule has 2 amide bonds. The Bertz CT molecular complexity index is 1930. The summed E-state index contributed by atoms with van der Waals surface area (Å²) in [6.07, 6.45) is 7.20. The van der Waals surface area contributed by atoms with Crippen molar-refractivity contribution < 1.29 is 42.5 Å². The number of pyridine rings is 1. The molecule has 3 heterocycles. The lowest BCUT2D eigenvalue weighted by Crippen LogP contribution is -2.50. The molecule has 5 rings (SSSR count). The summed E-state index contributed by atoms with van der Waals surface area (Å²) in [5.41, 5.74) is 0.793. The number of nitrogens with one attached hydrogen (secondary N) is 3. The Morgan fingerprint density at radius 2 is 1.64 bits per heavy atom. The van der Waals surface area contributed by atoms with Gasteiger partial charge in [0.1, 0.15) is 29.3 Å². The van der Waals surface area contributed by atoms with E-state index >= 15 is 0 Å². The number of H-pyrrole nitrogens is 1. The summed E-state index contributed by atoms with van der Waals surface area (Å²) in [5.74, 6) is 0.466. The standard InChI is InChI=1S/C42H54FN7O8/c1-41(2,3)58-40(53)50-20-16-42(17-21-50,39-46-37(48-49-39)30-14-18-44-19-15-30)47-33-11-8-10-31(26-33)38(52)45-28-32-27-34(12-13-35(32)43)57-25-7-5-6-22-55-23-9-24-56-29-36(51)54-4/h8,10-15,18-19,26-27,47H,5-7,9,16-17,20-25,28-29H2,1-4H3,(H,45,52)(H,46,48,49). The van der Waals surface area contributed by atoms with Crippen molar-refractivity contribution >= 4 is 23.7 Å². The molecule has 0 saturated carbocycles. The van der Waals surface area contributed by atoms with Crippen molar-refractivity contribution in [2.24, 2.45) is 0 Å². The fraction of sp³-hybridized carbons (Fsp3) is 0.476. The number of anilines is 1. The van der Waals surface area contributed by atoms with Crippen LogP contribution in [0.25, 0.3) is 11.4 Å². The number of halogens is 1. The third-order valence-corrected chi connectivity index (χ3v) is 9.35. The number of carbonyl (C=O) groups excluding carboxylic acids is 3. The van der Waals surface area contributed by atoms with Gasteiger partial charge in [-0.05, 0) is 108 Å². The van der Waals surface area contributed by atoms with E-state index in [9.17, 15) is 18.8 Å². The molecule has 1 aliphatic heterocycles. The van der Waals surface area contributed by atoms with Crippen molar-refractivity contribution in [2.75, 3.05) is 58.6 Å². The molecular weight excluding hydrogens is 750 g/mol. The number of hydrogen-bond acceptors (Lipinski definition) is 12. The van der Waals surface area contributed by atoms with Crippen LogP contribution < -0.4 is 15.4 Å². The lowest BCUT2D eigenvalue weighted by molar-refractivity contribution is -0.146. The number of amides is 2. The minimum Gasteiger partial charge on any atom is -0.494 e. The number of carbonyl (C=O) groups is 3. The highest BCUT2D eigenvalue weighted by molar-refractivity contribution is 5.95. The highest BCUT2D eigenvalue weighted by atomic mass is 19.1. The fourth-order valence-electron chi connectivity index (χ4n) is 6.26. The topological polar surface area (TPSA) is 179 Å². The zero-order valence-corrected chi connectivity index (χ0v) is 33.7. The highest BCUT2D eigenvalue weighted by Crippen LogP contribution is 2.36. The van der Waals surface area contributed by atoms with E-state index in [0.717, 1.165) is 24.8 Å². The Hall–Kier alpha value is -5.61. The number of nitrogens with zero attached hydrogens (tertiary/aromatic N) is 4. The van der Waals surface area contributed by atoms with Gasteiger partial charge in [-0.1, -0.05) is 6.07 Å². The number of aromatic nitrogens is 4. The number of hydrogen-bond donors (Lipinski definition) is 3. The van der Waals surface area contributed by atoms with Crippen LogP contribution in [0.2, 0.25) is 0 Å². The molecular formula is C42H54FN7O8. The Balaban J connectivity index is 1.13. The molecule has 4 aromatic rings. The predicted octanol–water partition coefficient (Wildman–Crippen LogP) is 6.42. The first kappa shape index (κ1) is 43.5. The van der Waals surface area contributed by atoms with E-state index in [1.54, 1.807) is 47.6 Å². The lowest BCUT2D eigenvalue weighted by atomic mass is 9.86. The third kappa shape index (κ3) is 13.2. The number of rotatable bonds is 20. The van der Waals surface area contributed by atoms with Crippen LogP contribution in [-0.2, 0) is 35.8 Å². The number of esters is 1. The van der Waals surface area contributed by atoms with Crippen LogP contribution in [0.4, 0.5) is 14.9 Å². The van der Waals surface area contributed by atoms with Crippen LogP contribution in [-0.4, -0.2) is 102 Å². The van der Waals surface area contributed by atoms with Crippen LogP contribution in [0.15, 0.2) is 67.0 Å². The van der Waals surface area contributed by atoms with Gasteiger partial charge in [0.2, 0.25) is 0 Å². The van der Waals surface area contributed by atoms with E-state index in [4.69, 9.17) is 18.9 Å². The second-order valence-corrected chi connectivity index (χ2v) is 15.0. The minimum absolute atomic E-state index is 0.0368. The first-order chi connectivity index (χ1) is 27.9. The number of aromatic amines is 1. The summed E-state index contributed by atoms with van der Waals surface area (Å²) >= 11 is 0. The smallest absolute Gasteiger partial charge is 0.410 e. The summed E-state index contributed by atoms with van der Waals surface area (Å²) in [7, 11) is 1.32. The molecule has 0 radical (unpaired) electrons. The molecule has 3 N–H and O–H groups in total. The molecule has 58 heavy (non-hydrogen) atoms. The first-order valence-electron chi connectivity index (χ1n) is 19.6. The molecule has 2 aromatic carbocycles. The Kier molecular flexibility index (Phi) is 15.9. The van der Waals surface area contributed by atoms with Crippen LogP contribution in [0.1, 0.15) is 81.0 Å². The molecule has 312 valence electrons. The highest BCUT2D eigenvalue weighted by Gasteiger charge is 2.41. The lowest BCUT2D eigenvalue weighted by Gasteiger charge is -2.41. The average Bonchev–Trinajstić information content (AvgIpc) is 3.73. The maximum atomic E-state index is 14.8. The molecule has 1 fully saturated rings. The van der Waals surface area contributed by atoms with E-state index < -0.39 is 22.9 Å². The Morgan fingerprint density at radius 1 is 0.897 bits per heavy atom. The van der Waals surface area contributed by atoms with Gasteiger partial charge in [0, 0.05) is 74.2 Å². The molecule has 1 aliphatic rings. The minimum atomic E-state index is -0.756. The molecule has 0 bridgehead atoms. The van der Waals surface area contributed by atoms with Gasteiger partial charge in [0.15, 0.2) is 11.6 Å². The number of unbranched alkanes of at least 4 members (excludes halogenated alkanes) is 2. The molecule has 2 aromatic heterocycles. The quantitative estimate of drug-likeness (QED) is 0.0661. The maximum absolute atomic E-state index is 14.8. The van der Waals surface area contributed by atoms with Gasteiger partial charge in [-0.15, -0.1) is 10.2 Å². The van der Waals surface area contributed by atoms with Crippen molar-refractivity contribution in [1.82, 2.24) is 30.4 Å². The largest absolute Gasteiger partial charge is 0.494 e. The van der Waals surface area contributed by atoms with Crippen LogP contribution >= 0.6 is 0 Å². The van der Waals surface area contributed by atoms with Crippen molar-refractivity contribution in [3.8, 4) is 17.1 Å². The molecule has 1 saturated heterocycles. The number of methoxy groups -OCH3 is 1. The number of benzene rings is 2. The second kappa shape index (κ2) is 21.2. The van der Waals surface area contributed by atoms with Gasteiger partial charge in [-0.3, -0.25) is 9.78 Å². The summed E-state index contributed by atoms with van der Waals surface area (Å²) in [5, 5.41) is 15.4. The summed E-state index contributed by atoms with van der Waals surface area (Å²) in [6.45, 7) is 8.26. The molecule has 0 spiro atoms. The number of piperidine rings is 1. The maximum Gasteiger partial charge on any atom is 0.410 e. The van der Waals surface area contributed by atoms with Gasteiger partial charge in [0.05, 0.1) is 13.7 Å². The van der Waals surface area contributed by atoms with Gasteiger partial charge < -0.3 is 44.2 Å². The second-order valence-electron chi connectivity index (χ2n) is 15.0. The first-order valence-corrected chi connectivity index (χ1v) is 19.6. The van der Waals surface area contributed by atoms with Crippen LogP contribution in [0.5, 0.6) is 5.75 Å². The van der Waals surface area contributed by atoms with Gasteiger partial charge in [-0.2, -0.15) is 0 Å². The van der Waals surface area contributed by atoms with Crippen molar-refractivity contribution in [3.05, 3.63) is 89.8 Å². The van der Waals surface area contributed by atoms with Crippen molar-refractivity contribution in [2.45, 2.75) is 77.0 Å². The Morgan fingerprint density at radius 3 is 2.40 bits per heavy atom. The van der Waals surface area contributed by atoms with Crippen molar-refractivity contribution in [1.29, 1.82) is 0 Å². The molecule has 15 nitrogen and oxygen atoms in total. The summed E-state index contributed by atoms with van der Waals surface area (Å²) in [6, 6.07) is 15.3. The Labute approximate surface area is 338 Å². The number of likely N-dealkylation sites (tertiary alicyclic amines) is 1. The van der Waals surface area contributed by atoms with Gasteiger partial charge in [-0.25, -0.2) is 14.0 Å². The average molecular weight is 804 g/mol. The van der Waals surface area contributed by atoms with E-state index in [1.165, 1.54) is 13.2 Å². The van der Waals surface area contributed by atoms with Crippen LogP contribution in [0.3, 0.4) is 0 Å². The normalized spacial score (nSPS) is 13.8. The van der Waals surface area contributed by atoms with Crippen molar-refractivity contribution in [3.63, 3.8) is 0 Å². The predicted molar refractivity (Wildman–Crippen MR) is 214 cm³/mol.